The van der Waals surface area contributed by atoms with Gasteiger partial charge in [-0.05, 0) is 228 Å². The molecule has 5 aromatic carbocycles. The minimum atomic E-state index is -0.662. The fraction of sp³-hybridized carbons (Fsp3) is 0.326. The lowest BCUT2D eigenvalue weighted by Gasteiger charge is -2.35. The zero-order chi connectivity index (χ0) is 73.1. The highest BCUT2D eigenvalue weighted by Gasteiger charge is 2.53. The predicted molar refractivity (Wildman–Crippen MR) is 473 cm³/mol. The van der Waals surface area contributed by atoms with E-state index < -0.39 is 10.8 Å². The van der Waals surface area contributed by atoms with Gasteiger partial charge in [-0.25, -0.2) is 0 Å². The number of carbonyl (C=O) groups excluding carboxylic acids is 2. The van der Waals surface area contributed by atoms with E-state index in [-0.39, 0.29) is 11.8 Å². The van der Waals surface area contributed by atoms with Gasteiger partial charge in [0.2, 0.25) is 0 Å². The molecule has 0 unspecified atom stereocenters. The van der Waals surface area contributed by atoms with Crippen molar-refractivity contribution in [3.05, 3.63) is 256 Å². The van der Waals surface area contributed by atoms with E-state index in [0.29, 0.717) is 31.5 Å². The summed E-state index contributed by atoms with van der Waals surface area (Å²) in [4.78, 5) is 46.2. The molecule has 0 radical (unpaired) electrons. The Bertz CT molecular complexity index is 4650. The van der Waals surface area contributed by atoms with Crippen LogP contribution < -0.4 is 0 Å². The van der Waals surface area contributed by atoms with E-state index in [1.807, 2.05) is 71.3 Å². The maximum atomic E-state index is 13.4. The summed E-state index contributed by atoms with van der Waals surface area (Å²) in [6, 6.07) is 68.4. The number of fused-ring (bicyclic) bond motifs is 6. The van der Waals surface area contributed by atoms with Crippen molar-refractivity contribution in [2.45, 2.75) is 181 Å². The molecule has 11 aromatic rings. The Hall–Kier alpha value is -6.40. The van der Waals surface area contributed by atoms with Gasteiger partial charge in [-0.3, -0.25) is 19.4 Å². The van der Waals surface area contributed by atoms with Gasteiger partial charge < -0.3 is 0 Å². The van der Waals surface area contributed by atoms with Crippen LogP contribution in [-0.2, 0) is 46.1 Å². The Morgan fingerprint density at radius 3 is 0.906 bits per heavy atom. The molecule has 2 aliphatic heterocycles. The van der Waals surface area contributed by atoms with Crippen molar-refractivity contribution in [1.82, 2.24) is 9.80 Å². The van der Waals surface area contributed by atoms with E-state index in [1.165, 1.54) is 253 Å². The Morgan fingerprint density at radius 1 is 0.321 bits per heavy atom. The number of rotatable bonds is 32. The van der Waals surface area contributed by atoms with Gasteiger partial charge in [0.25, 0.3) is 11.8 Å². The average Bonchev–Trinajstić information content (AvgIpc) is 1.50. The number of carbonyl (C=O) groups is 2. The van der Waals surface area contributed by atoms with Gasteiger partial charge in [-0.1, -0.05) is 250 Å². The number of thioether (sulfide) groups is 2. The minimum Gasteiger partial charge on any atom is -0.293 e. The second kappa shape index (κ2) is 33.4. The van der Waals surface area contributed by atoms with Crippen LogP contribution in [0.1, 0.15) is 221 Å². The van der Waals surface area contributed by atoms with Crippen LogP contribution in [0, 0.1) is 0 Å². The molecule has 2 fully saturated rings. The van der Waals surface area contributed by atoms with Crippen LogP contribution in [0.15, 0.2) is 180 Å². The smallest absolute Gasteiger partial charge is 0.266 e. The third-order valence-electron chi connectivity index (χ3n) is 21.9. The number of likely N-dealkylation sites (N-methyl/N-ethyl adjacent to an activating group) is 2. The zero-order valence-corrected chi connectivity index (χ0v) is 69.8. The lowest BCUT2D eigenvalue weighted by atomic mass is 9.65. The molecule has 4 aliphatic rings. The summed E-state index contributed by atoms with van der Waals surface area (Å²) in [6.07, 6.45) is 28.0. The number of nitrogens with zero attached hydrogens (tertiary/aromatic N) is 2. The van der Waals surface area contributed by atoms with E-state index in [4.69, 9.17) is 24.4 Å². The first-order valence-corrected chi connectivity index (χ1v) is 46.0. The summed E-state index contributed by atoms with van der Waals surface area (Å²) in [5.41, 5.74) is 17.5. The normalized spacial score (nSPS) is 15.7. The van der Waals surface area contributed by atoms with E-state index >= 15 is 0 Å². The van der Waals surface area contributed by atoms with E-state index in [9.17, 15) is 9.59 Å². The molecule has 0 saturated carbocycles. The van der Waals surface area contributed by atoms with Crippen LogP contribution in [0.5, 0.6) is 0 Å². The van der Waals surface area contributed by atoms with Gasteiger partial charge in [-0.15, -0.1) is 68.0 Å². The van der Waals surface area contributed by atoms with Crippen LogP contribution in [-0.4, -0.2) is 43.3 Å². The lowest BCUT2D eigenvalue weighted by molar-refractivity contribution is -0.122. The molecule has 0 atom stereocenters. The summed E-state index contributed by atoms with van der Waals surface area (Å²) < 4.78 is 1.25. The van der Waals surface area contributed by atoms with Crippen LogP contribution in [0.2, 0.25) is 0 Å². The van der Waals surface area contributed by atoms with E-state index in [2.05, 4.69) is 198 Å². The lowest BCUT2D eigenvalue weighted by Crippen LogP contribution is -2.30. The summed E-state index contributed by atoms with van der Waals surface area (Å²) in [5.74, 6) is -0.0113. The van der Waals surface area contributed by atoms with Crippen molar-refractivity contribution in [2.24, 2.45) is 0 Å². The zero-order valence-electron chi connectivity index (χ0n) is 61.7. The quantitative estimate of drug-likeness (QED) is 0.0238. The van der Waals surface area contributed by atoms with Crippen molar-refractivity contribution in [3.8, 4) is 59.9 Å². The van der Waals surface area contributed by atoms with Crippen LogP contribution in [0.4, 0.5) is 0 Å². The Kier molecular flexibility index (Phi) is 23.7. The van der Waals surface area contributed by atoms with Crippen molar-refractivity contribution < 1.29 is 9.59 Å². The summed E-state index contributed by atoms with van der Waals surface area (Å²) in [7, 11) is 0. The SMILES string of the molecule is CCCCCCc1ccc(C2(c3ccc(CCCCCC)cc3)c3cc4c(cc3-c3sc(-c5ccc(-c6ccc(/C=C7\SC(=S)N(CC)C7=O)s6)s5)cc32)C(c2ccc(CCCCCC)cc2)(c2ccc(CCCCCC)cc2)c2cc(-c3ccc(-c5ccc(/C=C6\SC(=S)N(CC)C6=O)s5)s3)sc2-4)cc1. The molecule has 0 spiro atoms. The summed E-state index contributed by atoms with van der Waals surface area (Å²) in [6.45, 7) is 14.3. The molecule has 2 saturated heterocycles. The highest BCUT2D eigenvalue weighted by atomic mass is 32.2. The second-order valence-electron chi connectivity index (χ2n) is 28.8. The van der Waals surface area contributed by atoms with Crippen molar-refractivity contribution in [2.75, 3.05) is 13.1 Å². The Morgan fingerprint density at radius 2 is 0.613 bits per heavy atom. The van der Waals surface area contributed by atoms with Crippen LogP contribution in [0.3, 0.4) is 0 Å². The van der Waals surface area contributed by atoms with Crippen LogP contribution in [0.25, 0.3) is 72.1 Å². The molecule has 106 heavy (non-hydrogen) atoms. The number of amides is 2. The molecular formula is C92H92N2O2S10. The number of aryl methyl sites for hydroxylation is 4. The van der Waals surface area contributed by atoms with Crippen molar-refractivity contribution in [1.29, 1.82) is 0 Å². The fourth-order valence-electron chi connectivity index (χ4n) is 16.3. The van der Waals surface area contributed by atoms with Crippen LogP contribution >= 0.6 is 116 Å². The molecule has 542 valence electrons. The first-order valence-electron chi connectivity index (χ1n) is 38.7. The van der Waals surface area contributed by atoms with Gasteiger partial charge in [0.1, 0.15) is 8.64 Å². The first kappa shape index (κ1) is 75.0. The van der Waals surface area contributed by atoms with Gasteiger partial charge in [0.05, 0.1) is 20.6 Å². The van der Waals surface area contributed by atoms with Gasteiger partial charge in [-0.2, -0.15) is 0 Å². The number of unbranched alkanes of at least 4 members (excludes halogenated alkanes) is 12. The molecule has 2 amide bonds. The van der Waals surface area contributed by atoms with Gasteiger partial charge in [0.15, 0.2) is 0 Å². The standard InChI is InChI=1S/C92H92N2O2S10/c1-7-13-17-21-25-59-29-37-63(38-30-59)91(64-39-31-60(32-40-64)26-22-18-14-8-2)71-55-70-72(56-69(71)85-73(91)57-81(103-85)79-51-49-77(101-79)75-47-45-67(99-75)53-83-87(95)93(11-5)89(97)105-83)92(65-41-33-61(34-42-65)27-23-19-15-9-3,66-43-35-62(36-44-66)28-24-20-16-10-4)74-58-82(104-86(70)74)80-52-50-78(102-80)76-48-46-68(100-76)54-84-88(96)94(12-6)90(98)106-84/h29-58H,7-28H2,1-6H3/b83-53-,84-54-. The molecule has 8 heterocycles. The van der Waals surface area contributed by atoms with Gasteiger partial charge in [0, 0.05) is 71.6 Å². The van der Waals surface area contributed by atoms with Gasteiger partial charge >= 0.3 is 0 Å². The highest BCUT2D eigenvalue weighted by molar-refractivity contribution is 8.27. The fourth-order valence-corrected chi connectivity index (χ4v) is 25.9. The number of hydrogen-bond donors (Lipinski definition) is 0. The van der Waals surface area contributed by atoms with E-state index in [1.54, 1.807) is 32.5 Å². The molecule has 0 N–H and O–H groups in total. The predicted octanol–water partition coefficient (Wildman–Crippen LogP) is 28.4. The van der Waals surface area contributed by atoms with Crippen molar-refractivity contribution >= 4 is 149 Å². The molecule has 14 heteroatoms. The Labute approximate surface area is 671 Å². The number of benzene rings is 5. The molecule has 2 aliphatic carbocycles. The number of hydrogen-bond acceptors (Lipinski definition) is 12. The Balaban J connectivity index is 0.930. The molecular weight excluding hydrogens is 1490 g/mol. The minimum absolute atomic E-state index is 0.00565. The average molecular weight is 1580 g/mol. The third kappa shape index (κ3) is 14.6. The van der Waals surface area contributed by atoms with Crippen molar-refractivity contribution in [3.63, 3.8) is 0 Å². The first-order chi connectivity index (χ1) is 51.9. The molecule has 4 nitrogen and oxygen atoms in total. The maximum Gasteiger partial charge on any atom is 0.266 e. The highest BCUT2D eigenvalue weighted by Crippen LogP contribution is 2.67. The summed E-state index contributed by atoms with van der Waals surface area (Å²) in [5, 5.41) is 0. The largest absolute Gasteiger partial charge is 0.293 e. The van der Waals surface area contributed by atoms with E-state index in [0.717, 1.165) is 35.4 Å². The molecule has 6 aromatic heterocycles. The second-order valence-corrected chi connectivity index (χ2v) is 38.6. The summed E-state index contributed by atoms with van der Waals surface area (Å²) >= 11 is 25.2. The molecule has 0 bridgehead atoms. The topological polar surface area (TPSA) is 40.6 Å². The molecule has 15 rings (SSSR count). The number of thiocarbonyl (C=S) groups is 2. The number of thiophene rings is 6. The maximum absolute atomic E-state index is 13.4. The third-order valence-corrected chi connectivity index (χ3v) is 32.0. The monoisotopic (exact) mass is 1580 g/mol.